The molecule has 0 fully saturated rings. The Morgan fingerprint density at radius 3 is 2.44 bits per heavy atom. The fourth-order valence-corrected chi connectivity index (χ4v) is 1.85. The average molecular weight is 242 g/mol. The summed E-state index contributed by atoms with van der Waals surface area (Å²) in [7, 11) is 0. The van der Waals surface area contributed by atoms with Crippen LogP contribution < -0.4 is 10.9 Å². The fourth-order valence-electron chi connectivity index (χ4n) is 1.85. The molecule has 2 aromatic rings. The lowest BCUT2D eigenvalue weighted by Gasteiger charge is -2.07. The number of amides is 1. The SMILES string of the molecule is Cc1cc(C)cc(NC(=O)c2ccc[nH]c2=O)c1. The van der Waals surface area contributed by atoms with E-state index in [-0.39, 0.29) is 11.1 Å². The van der Waals surface area contributed by atoms with Crippen LogP contribution in [0.25, 0.3) is 0 Å². The molecule has 0 radical (unpaired) electrons. The molecule has 0 unspecified atom stereocenters. The summed E-state index contributed by atoms with van der Waals surface area (Å²) < 4.78 is 0. The van der Waals surface area contributed by atoms with Crippen LogP contribution in [-0.2, 0) is 0 Å². The van der Waals surface area contributed by atoms with Crippen LogP contribution in [0.1, 0.15) is 21.5 Å². The van der Waals surface area contributed by atoms with E-state index in [0.29, 0.717) is 5.69 Å². The van der Waals surface area contributed by atoms with Crippen LogP contribution in [0.4, 0.5) is 5.69 Å². The highest BCUT2D eigenvalue weighted by Crippen LogP contribution is 2.14. The molecule has 0 aliphatic carbocycles. The molecule has 0 spiro atoms. The van der Waals surface area contributed by atoms with Gasteiger partial charge in [-0.25, -0.2) is 0 Å². The number of rotatable bonds is 2. The van der Waals surface area contributed by atoms with Crippen LogP contribution in [0.3, 0.4) is 0 Å². The van der Waals surface area contributed by atoms with Crippen LogP contribution in [-0.4, -0.2) is 10.9 Å². The highest BCUT2D eigenvalue weighted by Gasteiger charge is 2.09. The van der Waals surface area contributed by atoms with Crippen molar-refractivity contribution < 1.29 is 4.79 Å². The second-order valence-corrected chi connectivity index (χ2v) is 4.24. The number of nitrogens with one attached hydrogen (secondary N) is 2. The number of hydrogen-bond donors (Lipinski definition) is 2. The molecule has 0 atom stereocenters. The number of pyridine rings is 1. The van der Waals surface area contributed by atoms with Crippen molar-refractivity contribution >= 4 is 11.6 Å². The van der Waals surface area contributed by atoms with Gasteiger partial charge in [-0.15, -0.1) is 0 Å². The number of carbonyl (C=O) groups is 1. The Kier molecular flexibility index (Phi) is 3.28. The third-order valence-corrected chi connectivity index (χ3v) is 2.54. The number of aromatic amines is 1. The van der Waals surface area contributed by atoms with Crippen molar-refractivity contribution in [3.8, 4) is 0 Å². The summed E-state index contributed by atoms with van der Waals surface area (Å²) in [5, 5.41) is 2.72. The Morgan fingerprint density at radius 1 is 1.17 bits per heavy atom. The van der Waals surface area contributed by atoms with Crippen molar-refractivity contribution in [2.45, 2.75) is 13.8 Å². The van der Waals surface area contributed by atoms with E-state index in [2.05, 4.69) is 10.3 Å². The maximum Gasteiger partial charge on any atom is 0.261 e. The Morgan fingerprint density at radius 2 is 1.83 bits per heavy atom. The molecule has 1 aromatic carbocycles. The molecule has 2 N–H and O–H groups in total. The first-order valence-electron chi connectivity index (χ1n) is 5.63. The van der Waals surface area contributed by atoms with Gasteiger partial charge in [0.05, 0.1) is 0 Å². The van der Waals surface area contributed by atoms with Gasteiger partial charge in [0.15, 0.2) is 0 Å². The van der Waals surface area contributed by atoms with Gasteiger partial charge in [0.25, 0.3) is 11.5 Å². The van der Waals surface area contributed by atoms with Gasteiger partial charge in [-0.05, 0) is 49.2 Å². The van der Waals surface area contributed by atoms with Gasteiger partial charge >= 0.3 is 0 Å². The van der Waals surface area contributed by atoms with Gasteiger partial charge < -0.3 is 10.3 Å². The largest absolute Gasteiger partial charge is 0.328 e. The molecule has 4 nitrogen and oxygen atoms in total. The molecule has 0 aliphatic heterocycles. The van der Waals surface area contributed by atoms with Crippen molar-refractivity contribution in [1.29, 1.82) is 0 Å². The normalized spacial score (nSPS) is 10.1. The number of anilines is 1. The maximum absolute atomic E-state index is 11.9. The number of hydrogen-bond acceptors (Lipinski definition) is 2. The topological polar surface area (TPSA) is 62.0 Å². The Hall–Kier alpha value is -2.36. The minimum absolute atomic E-state index is 0.108. The van der Waals surface area contributed by atoms with Gasteiger partial charge in [0.2, 0.25) is 0 Å². The minimum atomic E-state index is -0.401. The standard InChI is InChI=1S/C14H14N2O2/c1-9-6-10(2)8-11(7-9)16-14(18)12-4-3-5-15-13(12)17/h3-8H,1-2H3,(H,15,17)(H,16,18). The third-order valence-electron chi connectivity index (χ3n) is 2.54. The van der Waals surface area contributed by atoms with Gasteiger partial charge in [-0.2, -0.15) is 0 Å². The fraction of sp³-hybridized carbons (Fsp3) is 0.143. The van der Waals surface area contributed by atoms with E-state index in [1.54, 1.807) is 6.07 Å². The predicted octanol–water partition coefficient (Wildman–Crippen LogP) is 2.24. The molecule has 0 bridgehead atoms. The average Bonchev–Trinajstić information content (AvgIpc) is 2.27. The van der Waals surface area contributed by atoms with Crippen molar-refractivity contribution in [3.63, 3.8) is 0 Å². The second kappa shape index (κ2) is 4.87. The second-order valence-electron chi connectivity index (χ2n) is 4.24. The van der Waals surface area contributed by atoms with E-state index in [0.717, 1.165) is 11.1 Å². The summed E-state index contributed by atoms with van der Waals surface area (Å²) >= 11 is 0. The molecule has 2 rings (SSSR count). The Labute approximate surface area is 105 Å². The quantitative estimate of drug-likeness (QED) is 0.848. The molecule has 18 heavy (non-hydrogen) atoms. The van der Waals surface area contributed by atoms with Crippen LogP contribution in [0.5, 0.6) is 0 Å². The predicted molar refractivity (Wildman–Crippen MR) is 70.9 cm³/mol. The minimum Gasteiger partial charge on any atom is -0.328 e. The van der Waals surface area contributed by atoms with Gasteiger partial charge in [-0.1, -0.05) is 6.07 Å². The number of aromatic nitrogens is 1. The number of benzene rings is 1. The van der Waals surface area contributed by atoms with Crippen LogP contribution in [0.2, 0.25) is 0 Å². The van der Waals surface area contributed by atoms with E-state index >= 15 is 0 Å². The van der Waals surface area contributed by atoms with Crippen molar-refractivity contribution in [1.82, 2.24) is 4.98 Å². The number of aryl methyl sites for hydroxylation is 2. The van der Waals surface area contributed by atoms with Crippen LogP contribution in [0, 0.1) is 13.8 Å². The van der Waals surface area contributed by atoms with Crippen molar-refractivity contribution in [2.24, 2.45) is 0 Å². The summed E-state index contributed by atoms with van der Waals surface area (Å²) in [5.41, 5.74) is 2.54. The summed E-state index contributed by atoms with van der Waals surface area (Å²) in [4.78, 5) is 25.9. The number of H-pyrrole nitrogens is 1. The first-order valence-corrected chi connectivity index (χ1v) is 5.63. The Bertz CT molecular complexity index is 624. The number of carbonyl (C=O) groups excluding carboxylic acids is 1. The molecule has 92 valence electrons. The van der Waals surface area contributed by atoms with Crippen molar-refractivity contribution in [3.05, 3.63) is 63.6 Å². The Balaban J connectivity index is 2.27. The molecule has 0 saturated heterocycles. The lowest BCUT2D eigenvalue weighted by molar-refractivity contribution is 0.102. The molecule has 0 aliphatic rings. The maximum atomic E-state index is 11.9. The lowest BCUT2D eigenvalue weighted by Crippen LogP contribution is -2.22. The molecular weight excluding hydrogens is 228 g/mol. The van der Waals surface area contributed by atoms with E-state index in [1.165, 1.54) is 12.3 Å². The van der Waals surface area contributed by atoms with Gasteiger partial charge in [0, 0.05) is 11.9 Å². The highest BCUT2D eigenvalue weighted by atomic mass is 16.2. The van der Waals surface area contributed by atoms with E-state index in [1.807, 2.05) is 32.0 Å². The van der Waals surface area contributed by atoms with E-state index < -0.39 is 5.91 Å². The molecule has 4 heteroatoms. The third kappa shape index (κ3) is 2.66. The van der Waals surface area contributed by atoms with Gasteiger partial charge in [0.1, 0.15) is 5.56 Å². The zero-order valence-electron chi connectivity index (χ0n) is 10.3. The highest BCUT2D eigenvalue weighted by molar-refractivity contribution is 6.04. The smallest absolute Gasteiger partial charge is 0.261 e. The first-order chi connectivity index (χ1) is 8.56. The van der Waals surface area contributed by atoms with Gasteiger partial charge in [-0.3, -0.25) is 9.59 Å². The zero-order chi connectivity index (χ0) is 13.1. The molecule has 1 heterocycles. The molecule has 1 aromatic heterocycles. The molecule has 0 saturated carbocycles. The van der Waals surface area contributed by atoms with Crippen LogP contribution in [0.15, 0.2) is 41.3 Å². The molecule has 1 amide bonds. The zero-order valence-corrected chi connectivity index (χ0v) is 10.3. The van der Waals surface area contributed by atoms with E-state index in [9.17, 15) is 9.59 Å². The summed E-state index contributed by atoms with van der Waals surface area (Å²) in [6, 6.07) is 8.86. The first kappa shape index (κ1) is 12.1. The monoisotopic (exact) mass is 242 g/mol. The van der Waals surface area contributed by atoms with E-state index in [4.69, 9.17) is 0 Å². The summed E-state index contributed by atoms with van der Waals surface area (Å²) in [6.07, 6.45) is 1.50. The van der Waals surface area contributed by atoms with Crippen LogP contribution >= 0.6 is 0 Å². The summed E-state index contributed by atoms with van der Waals surface area (Å²) in [6.45, 7) is 3.91. The summed E-state index contributed by atoms with van der Waals surface area (Å²) in [5.74, 6) is -0.401. The lowest BCUT2D eigenvalue weighted by atomic mass is 10.1. The molecular formula is C14H14N2O2. The van der Waals surface area contributed by atoms with Crippen molar-refractivity contribution in [2.75, 3.05) is 5.32 Å².